The highest BCUT2D eigenvalue weighted by Crippen LogP contribution is 1.73. The maximum Gasteiger partial charge on any atom is 0.299 e. The largest absolute Gasteiger partial charge is 1.00 e. The van der Waals surface area contributed by atoms with Crippen LogP contribution in [0.25, 0.3) is 0 Å². The number of aliphatic imine (C=N–C) groups is 1. The first-order chi connectivity index (χ1) is 5.06. The van der Waals surface area contributed by atoms with Gasteiger partial charge >= 0.3 is 0 Å². The molecule has 0 amide bonds. The van der Waals surface area contributed by atoms with Crippen LogP contribution in [0.1, 0.15) is 13.8 Å². The third kappa shape index (κ3) is 8.00. The van der Waals surface area contributed by atoms with E-state index in [1.165, 1.54) is 0 Å². The third-order valence-electron chi connectivity index (χ3n) is 0.835. The molecule has 0 aromatic heterocycles. The van der Waals surface area contributed by atoms with Crippen LogP contribution < -0.4 is 23.0 Å². The molecule has 3 nitrogen and oxygen atoms in total. The highest BCUT2D eigenvalue weighted by atomic mass is 35.5. The van der Waals surface area contributed by atoms with Gasteiger partial charge in [-0.3, -0.25) is 0 Å². The molecule has 0 aliphatic heterocycles. The molecule has 0 bridgehead atoms. The van der Waals surface area contributed by atoms with E-state index in [-0.39, 0.29) is 12.4 Å². The number of halogens is 1. The van der Waals surface area contributed by atoms with Crippen LogP contribution >= 0.6 is 24.4 Å². The summed E-state index contributed by atoms with van der Waals surface area (Å²) in [5, 5.41) is 5.57. The van der Waals surface area contributed by atoms with Crippen LogP contribution in [-0.4, -0.2) is 23.0 Å². The Morgan fingerprint density at radius 1 is 1.33 bits per heavy atom. The van der Waals surface area contributed by atoms with Gasteiger partial charge in [0.25, 0.3) is 10.2 Å². The van der Waals surface area contributed by atoms with E-state index in [2.05, 4.69) is 10.3 Å². The van der Waals surface area contributed by atoms with Crippen molar-refractivity contribution in [3.63, 3.8) is 0 Å². The third-order valence-corrected chi connectivity index (χ3v) is 1.37. The van der Waals surface area contributed by atoms with Gasteiger partial charge in [-0.05, 0) is 13.8 Å². The van der Waals surface area contributed by atoms with Crippen molar-refractivity contribution in [1.82, 2.24) is 5.32 Å². The second-order valence-corrected chi connectivity index (χ2v) is 3.01. The van der Waals surface area contributed by atoms with Gasteiger partial charge in [-0.15, -0.1) is 0 Å². The zero-order valence-electron chi connectivity index (χ0n) is 7.22. The Balaban J connectivity index is 0. The van der Waals surface area contributed by atoms with E-state index < -0.39 is 0 Å². The number of hydrogen-bond acceptors (Lipinski definition) is 2. The number of nitrogens with one attached hydrogen (secondary N) is 1. The van der Waals surface area contributed by atoms with Crippen LogP contribution in [0.3, 0.4) is 0 Å². The first-order valence-corrected chi connectivity index (χ1v) is 4.00. The summed E-state index contributed by atoms with van der Waals surface area (Å²) in [6.07, 6.45) is 0. The predicted octanol–water partition coefficient (Wildman–Crippen LogP) is -3.18. The average Bonchev–Trinajstić information content (AvgIpc) is 1.85. The van der Waals surface area contributed by atoms with Crippen molar-refractivity contribution in [2.45, 2.75) is 13.8 Å². The van der Waals surface area contributed by atoms with Crippen LogP contribution in [0.4, 0.5) is 0 Å². The molecule has 0 fully saturated rings. The van der Waals surface area contributed by atoms with Crippen LogP contribution in [-0.2, 0) is 0 Å². The summed E-state index contributed by atoms with van der Waals surface area (Å²) in [6.45, 7) is 3.78. The quantitative estimate of drug-likeness (QED) is 0.338. The Kier molecular flexibility index (Phi) is 9.07. The van der Waals surface area contributed by atoms with Crippen molar-refractivity contribution in [3.05, 3.63) is 0 Å². The number of nitrogens with two attached hydrogens (primary N) is 1. The van der Waals surface area contributed by atoms with Gasteiger partial charge < -0.3 is 17.7 Å². The molecule has 0 radical (unpaired) electrons. The summed E-state index contributed by atoms with van der Waals surface area (Å²) in [4.78, 5) is 4.03. The van der Waals surface area contributed by atoms with Crippen molar-refractivity contribution < 1.29 is 17.7 Å². The number of nitrogens with zero attached hydrogens (tertiary/aromatic N) is 1. The van der Waals surface area contributed by atoms with Crippen LogP contribution in [0.2, 0.25) is 0 Å². The smallest absolute Gasteiger partial charge is 0.299 e. The summed E-state index contributed by atoms with van der Waals surface area (Å²) < 4.78 is 0. The Labute approximate surface area is 89.4 Å². The van der Waals surface area contributed by atoms with E-state index in [0.717, 1.165) is 5.71 Å². The van der Waals surface area contributed by atoms with Crippen LogP contribution in [0, 0.1) is 0 Å². The summed E-state index contributed by atoms with van der Waals surface area (Å²) in [6, 6.07) is 0. The monoisotopic (exact) mass is 225 g/mol. The Bertz CT molecular complexity index is 199. The highest BCUT2D eigenvalue weighted by molar-refractivity contribution is 7.81. The van der Waals surface area contributed by atoms with Crippen LogP contribution in [0.15, 0.2) is 4.99 Å². The maximum absolute atomic E-state index is 4.90. The molecule has 0 aliphatic rings. The summed E-state index contributed by atoms with van der Waals surface area (Å²) in [5.74, 6) is 0. The molecule has 0 atom stereocenters. The molecule has 0 aromatic carbocycles. The molecule has 0 rings (SSSR count). The lowest BCUT2D eigenvalue weighted by molar-refractivity contribution is -0.404. The van der Waals surface area contributed by atoms with Gasteiger partial charge in [0.05, 0.1) is 0 Å². The van der Waals surface area contributed by atoms with Crippen molar-refractivity contribution in [2.75, 3.05) is 7.05 Å². The topological polar surface area (TPSA) is 41.0 Å². The Morgan fingerprint density at radius 3 is 2.17 bits per heavy atom. The van der Waals surface area contributed by atoms with Gasteiger partial charge in [0.2, 0.25) is 0 Å². The number of hydrogen-bond donors (Lipinski definition) is 2. The van der Waals surface area contributed by atoms with Crippen molar-refractivity contribution in [1.29, 1.82) is 0 Å². The number of rotatable bonds is 0. The normalized spacial score (nSPS) is 7.92. The van der Waals surface area contributed by atoms with E-state index in [4.69, 9.17) is 24.4 Å². The Morgan fingerprint density at radius 2 is 1.83 bits per heavy atom. The van der Waals surface area contributed by atoms with Gasteiger partial charge in [-0.2, -0.15) is 4.99 Å². The van der Waals surface area contributed by atoms with E-state index in [1.54, 1.807) is 12.4 Å². The van der Waals surface area contributed by atoms with Gasteiger partial charge in [0, 0.05) is 37.2 Å². The standard InChI is InChI=1S/C6H11N3S2.ClH/c1-4(2)8-6(11)9-5(10)7-3;/h1-3H3,(H2,7,9,10,11);1H. The predicted molar refractivity (Wildman–Crippen MR) is 55.0 cm³/mol. The van der Waals surface area contributed by atoms with Gasteiger partial charge in [-0.1, -0.05) is 0 Å². The first kappa shape index (κ1) is 14.4. The molecule has 0 aliphatic carbocycles. The van der Waals surface area contributed by atoms with E-state index in [1.807, 2.05) is 13.8 Å². The molecule has 6 heteroatoms. The molecular formula is C6H12ClN3S2. The van der Waals surface area contributed by atoms with Gasteiger partial charge in [0.15, 0.2) is 0 Å². The summed E-state index contributed by atoms with van der Waals surface area (Å²) in [7, 11) is 1.75. The zero-order chi connectivity index (χ0) is 8.85. The minimum Gasteiger partial charge on any atom is -1.00 e. The van der Waals surface area contributed by atoms with Crippen LogP contribution in [0.5, 0.6) is 0 Å². The first-order valence-electron chi connectivity index (χ1n) is 3.18. The minimum absolute atomic E-state index is 0. The second-order valence-electron chi connectivity index (χ2n) is 2.16. The van der Waals surface area contributed by atoms with Gasteiger partial charge in [0.1, 0.15) is 0 Å². The zero-order valence-corrected chi connectivity index (χ0v) is 9.61. The lowest BCUT2D eigenvalue weighted by Gasteiger charge is -1.97. The molecule has 70 valence electrons. The summed E-state index contributed by atoms with van der Waals surface area (Å²) >= 11 is 9.76. The van der Waals surface area contributed by atoms with E-state index in [9.17, 15) is 0 Å². The molecule has 0 aromatic rings. The molecule has 0 unspecified atom stereocenters. The molecule has 0 heterocycles. The highest BCUT2D eigenvalue weighted by Gasteiger charge is 2.01. The lowest BCUT2D eigenvalue weighted by atomic mass is 10.5. The van der Waals surface area contributed by atoms with E-state index in [0.29, 0.717) is 10.2 Å². The molecule has 0 saturated carbocycles. The van der Waals surface area contributed by atoms with E-state index >= 15 is 0 Å². The number of thiocarbonyl (C=S) groups is 2. The summed E-state index contributed by atoms with van der Waals surface area (Å²) in [5.41, 5.74) is 0.935. The average molecular weight is 226 g/mol. The fourth-order valence-corrected chi connectivity index (χ4v) is 0.924. The fraction of sp³-hybridized carbons (Fsp3) is 0.500. The van der Waals surface area contributed by atoms with Gasteiger partial charge in [-0.25, -0.2) is 5.32 Å². The number of quaternary nitrogens is 1. The molecule has 0 spiro atoms. The maximum atomic E-state index is 4.90. The second kappa shape index (κ2) is 7.54. The van der Waals surface area contributed by atoms with Crippen molar-refractivity contribution in [3.8, 4) is 0 Å². The van der Waals surface area contributed by atoms with Crippen molar-refractivity contribution >= 4 is 40.4 Å². The molecule has 0 saturated heterocycles. The molecule has 12 heavy (non-hydrogen) atoms. The SMILES string of the molecule is CNC(=S)[NH2+]C(=S)N=C(C)C.[Cl-]. The lowest BCUT2D eigenvalue weighted by Crippen LogP contribution is -3.00. The van der Waals surface area contributed by atoms with Crippen molar-refractivity contribution in [2.24, 2.45) is 4.99 Å². The molecule has 3 N–H and O–H groups in total. The Hall–Kier alpha value is -0.100. The fourth-order valence-electron chi connectivity index (χ4n) is 0.437. The minimum atomic E-state index is 0. The molecular weight excluding hydrogens is 214 g/mol.